The molecule has 1 aliphatic rings. The number of hydrogen-bond donors (Lipinski definition) is 1. The smallest absolute Gasteiger partial charge is 0.125 e. The van der Waals surface area contributed by atoms with Gasteiger partial charge in [0, 0.05) is 30.8 Å². The molecule has 2 heterocycles. The zero-order chi connectivity index (χ0) is 16.4. The molecule has 1 aromatic carbocycles. The fourth-order valence-corrected chi connectivity index (χ4v) is 3.43. The standard InChI is InChI=1S/C20H26N2O/c1-5-20(4)12-17(22-13-16-8-6-7-9-21-16)19-15(3)10-14(2)11-18(19)23-20/h6-11,17,22H,5,12-13H2,1-4H3. The van der Waals surface area contributed by atoms with Crippen molar-refractivity contribution >= 4 is 0 Å². The lowest BCUT2D eigenvalue weighted by Crippen LogP contribution is -2.41. The minimum atomic E-state index is -0.116. The van der Waals surface area contributed by atoms with Crippen LogP contribution < -0.4 is 10.1 Å². The maximum atomic E-state index is 6.36. The highest BCUT2D eigenvalue weighted by molar-refractivity contribution is 5.47. The molecule has 0 saturated heterocycles. The number of ether oxygens (including phenoxy) is 1. The van der Waals surface area contributed by atoms with Crippen molar-refractivity contribution in [1.82, 2.24) is 10.3 Å². The minimum Gasteiger partial charge on any atom is -0.487 e. The van der Waals surface area contributed by atoms with Crippen LogP contribution in [0.25, 0.3) is 0 Å². The van der Waals surface area contributed by atoms with Gasteiger partial charge in [0.15, 0.2) is 0 Å². The summed E-state index contributed by atoms with van der Waals surface area (Å²) in [4.78, 5) is 4.42. The highest BCUT2D eigenvalue weighted by Crippen LogP contribution is 2.43. The molecular weight excluding hydrogens is 284 g/mol. The summed E-state index contributed by atoms with van der Waals surface area (Å²) in [7, 11) is 0. The van der Waals surface area contributed by atoms with Gasteiger partial charge in [-0.05, 0) is 56.5 Å². The van der Waals surface area contributed by atoms with Crippen LogP contribution in [-0.4, -0.2) is 10.6 Å². The molecule has 0 aliphatic carbocycles. The zero-order valence-corrected chi connectivity index (χ0v) is 14.5. The fraction of sp³-hybridized carbons (Fsp3) is 0.450. The van der Waals surface area contributed by atoms with E-state index in [0.29, 0.717) is 6.04 Å². The number of aryl methyl sites for hydroxylation is 2. The van der Waals surface area contributed by atoms with Gasteiger partial charge in [-0.3, -0.25) is 4.98 Å². The van der Waals surface area contributed by atoms with Crippen LogP contribution in [0.3, 0.4) is 0 Å². The second-order valence-corrected chi connectivity index (χ2v) is 6.86. The number of nitrogens with one attached hydrogen (secondary N) is 1. The molecule has 0 bridgehead atoms. The van der Waals surface area contributed by atoms with Gasteiger partial charge in [0.25, 0.3) is 0 Å². The highest BCUT2D eigenvalue weighted by Gasteiger charge is 2.36. The van der Waals surface area contributed by atoms with Crippen LogP contribution >= 0.6 is 0 Å². The van der Waals surface area contributed by atoms with Crippen molar-refractivity contribution in [2.45, 2.75) is 58.7 Å². The van der Waals surface area contributed by atoms with E-state index >= 15 is 0 Å². The summed E-state index contributed by atoms with van der Waals surface area (Å²) in [6.45, 7) is 9.49. The summed E-state index contributed by atoms with van der Waals surface area (Å²) >= 11 is 0. The van der Waals surface area contributed by atoms with Gasteiger partial charge in [-0.1, -0.05) is 19.1 Å². The fourth-order valence-electron chi connectivity index (χ4n) is 3.43. The maximum absolute atomic E-state index is 6.36. The maximum Gasteiger partial charge on any atom is 0.125 e. The van der Waals surface area contributed by atoms with Crippen molar-refractivity contribution in [2.75, 3.05) is 0 Å². The number of pyridine rings is 1. The van der Waals surface area contributed by atoms with E-state index < -0.39 is 0 Å². The Morgan fingerprint density at radius 1 is 1.30 bits per heavy atom. The van der Waals surface area contributed by atoms with Gasteiger partial charge in [0.05, 0.1) is 5.69 Å². The Morgan fingerprint density at radius 3 is 2.83 bits per heavy atom. The van der Waals surface area contributed by atoms with Crippen molar-refractivity contribution in [3.63, 3.8) is 0 Å². The summed E-state index contributed by atoms with van der Waals surface area (Å²) in [5.41, 5.74) is 4.82. The number of fused-ring (bicyclic) bond motifs is 1. The molecular formula is C20H26N2O. The SMILES string of the molecule is CCC1(C)CC(NCc2ccccn2)c2c(C)cc(C)cc2O1. The average Bonchev–Trinajstić information content (AvgIpc) is 2.52. The molecule has 2 atom stereocenters. The third kappa shape index (κ3) is 3.40. The van der Waals surface area contributed by atoms with E-state index in [9.17, 15) is 0 Å². The van der Waals surface area contributed by atoms with Gasteiger partial charge in [-0.15, -0.1) is 0 Å². The molecule has 122 valence electrons. The van der Waals surface area contributed by atoms with E-state index in [1.54, 1.807) is 0 Å². The van der Waals surface area contributed by atoms with Crippen LogP contribution in [0.1, 0.15) is 55.1 Å². The molecule has 0 radical (unpaired) electrons. The van der Waals surface area contributed by atoms with Gasteiger partial charge < -0.3 is 10.1 Å². The molecule has 3 rings (SSSR count). The van der Waals surface area contributed by atoms with Crippen molar-refractivity contribution in [2.24, 2.45) is 0 Å². The number of benzene rings is 1. The number of nitrogens with zero attached hydrogens (tertiary/aromatic N) is 1. The molecule has 0 saturated carbocycles. The van der Waals surface area contributed by atoms with Crippen molar-refractivity contribution in [1.29, 1.82) is 0 Å². The predicted molar refractivity (Wildman–Crippen MR) is 93.7 cm³/mol. The predicted octanol–water partition coefficient (Wildman–Crippen LogP) is 4.48. The van der Waals surface area contributed by atoms with Gasteiger partial charge in [-0.25, -0.2) is 0 Å². The Morgan fingerprint density at radius 2 is 2.13 bits per heavy atom. The molecule has 0 spiro atoms. The molecule has 1 aromatic heterocycles. The lowest BCUT2D eigenvalue weighted by atomic mass is 9.84. The van der Waals surface area contributed by atoms with E-state index in [0.717, 1.165) is 30.8 Å². The molecule has 2 aromatic rings. The summed E-state index contributed by atoms with van der Waals surface area (Å²) in [5, 5.41) is 3.70. The summed E-state index contributed by atoms with van der Waals surface area (Å²) in [5.74, 6) is 1.04. The summed E-state index contributed by atoms with van der Waals surface area (Å²) < 4.78 is 6.36. The van der Waals surface area contributed by atoms with Crippen molar-refractivity contribution < 1.29 is 4.74 Å². The Balaban J connectivity index is 1.90. The first-order valence-electron chi connectivity index (χ1n) is 8.44. The van der Waals surface area contributed by atoms with Gasteiger partial charge in [0.2, 0.25) is 0 Å². The van der Waals surface area contributed by atoms with Crippen LogP contribution in [-0.2, 0) is 6.54 Å². The van der Waals surface area contributed by atoms with Crippen LogP contribution in [0, 0.1) is 13.8 Å². The van der Waals surface area contributed by atoms with Gasteiger partial charge in [0.1, 0.15) is 11.4 Å². The molecule has 0 amide bonds. The third-order valence-corrected chi connectivity index (χ3v) is 4.84. The van der Waals surface area contributed by atoms with Gasteiger partial charge >= 0.3 is 0 Å². The van der Waals surface area contributed by atoms with Crippen molar-refractivity contribution in [3.8, 4) is 5.75 Å². The number of hydrogen-bond acceptors (Lipinski definition) is 3. The third-order valence-electron chi connectivity index (χ3n) is 4.84. The highest BCUT2D eigenvalue weighted by atomic mass is 16.5. The normalized spacial score (nSPS) is 23.2. The van der Waals surface area contributed by atoms with Crippen LogP contribution in [0.5, 0.6) is 5.75 Å². The quantitative estimate of drug-likeness (QED) is 0.904. The molecule has 1 N–H and O–H groups in total. The summed E-state index contributed by atoms with van der Waals surface area (Å²) in [6, 6.07) is 10.8. The molecule has 23 heavy (non-hydrogen) atoms. The van der Waals surface area contributed by atoms with Crippen LogP contribution in [0.4, 0.5) is 0 Å². The van der Waals surface area contributed by atoms with Crippen LogP contribution in [0.15, 0.2) is 36.5 Å². The first-order chi connectivity index (χ1) is 11.0. The topological polar surface area (TPSA) is 34.2 Å². The Bertz CT molecular complexity index is 684. The second kappa shape index (κ2) is 6.32. The molecule has 1 aliphatic heterocycles. The first kappa shape index (κ1) is 16.0. The minimum absolute atomic E-state index is 0.116. The number of aromatic nitrogens is 1. The van der Waals surface area contributed by atoms with E-state index in [1.165, 1.54) is 16.7 Å². The van der Waals surface area contributed by atoms with Gasteiger partial charge in [-0.2, -0.15) is 0 Å². The van der Waals surface area contributed by atoms with E-state index in [4.69, 9.17) is 4.74 Å². The van der Waals surface area contributed by atoms with Crippen LogP contribution in [0.2, 0.25) is 0 Å². The Hall–Kier alpha value is -1.87. The largest absolute Gasteiger partial charge is 0.487 e. The zero-order valence-electron chi connectivity index (χ0n) is 14.5. The molecule has 3 heteroatoms. The monoisotopic (exact) mass is 310 g/mol. The molecule has 0 fully saturated rings. The lowest BCUT2D eigenvalue weighted by molar-refractivity contribution is 0.0435. The first-order valence-corrected chi connectivity index (χ1v) is 8.44. The average molecular weight is 310 g/mol. The van der Waals surface area contributed by atoms with Crippen molar-refractivity contribution in [3.05, 3.63) is 58.9 Å². The number of rotatable bonds is 4. The second-order valence-electron chi connectivity index (χ2n) is 6.86. The van der Waals surface area contributed by atoms with E-state index in [-0.39, 0.29) is 5.60 Å². The molecule has 3 nitrogen and oxygen atoms in total. The molecule has 2 unspecified atom stereocenters. The Labute approximate surface area is 139 Å². The van der Waals surface area contributed by atoms with E-state index in [1.807, 2.05) is 18.3 Å². The Kier molecular flexibility index (Phi) is 4.40. The summed E-state index contributed by atoms with van der Waals surface area (Å²) in [6.07, 6.45) is 3.83. The lowest BCUT2D eigenvalue weighted by Gasteiger charge is -2.41. The van der Waals surface area contributed by atoms with E-state index in [2.05, 4.69) is 56.2 Å².